The molecular formula is C27H32N2O5. The van der Waals surface area contributed by atoms with Crippen LogP contribution in [-0.2, 0) is 13.0 Å². The Morgan fingerprint density at radius 1 is 0.735 bits per heavy atom. The number of amides is 1. The van der Waals surface area contributed by atoms with Crippen LogP contribution in [0.3, 0.4) is 0 Å². The number of carbonyl (C=O) groups is 1. The molecule has 0 aliphatic rings. The first-order chi connectivity index (χ1) is 16.6. The van der Waals surface area contributed by atoms with E-state index in [0.717, 1.165) is 22.6 Å². The summed E-state index contributed by atoms with van der Waals surface area (Å²) in [5, 5.41) is 2.97. The maximum atomic E-state index is 12.7. The minimum absolute atomic E-state index is 0.169. The van der Waals surface area contributed by atoms with Crippen LogP contribution >= 0.6 is 0 Å². The Balaban J connectivity index is 1.59. The average Bonchev–Trinajstić information content (AvgIpc) is 2.86. The smallest absolute Gasteiger partial charge is 0.251 e. The van der Waals surface area contributed by atoms with Gasteiger partial charge in [-0.1, -0.05) is 6.07 Å². The number of carbonyl (C=O) groups excluding carboxylic acids is 1. The Labute approximate surface area is 201 Å². The summed E-state index contributed by atoms with van der Waals surface area (Å²) in [6.45, 7) is 8.26. The van der Waals surface area contributed by atoms with Gasteiger partial charge in [-0.25, -0.2) is 0 Å². The van der Waals surface area contributed by atoms with E-state index in [1.54, 1.807) is 30.6 Å². The van der Waals surface area contributed by atoms with Gasteiger partial charge in [0, 0.05) is 24.5 Å². The summed E-state index contributed by atoms with van der Waals surface area (Å²) >= 11 is 0. The molecule has 0 saturated heterocycles. The van der Waals surface area contributed by atoms with Crippen molar-refractivity contribution >= 4 is 5.91 Å². The van der Waals surface area contributed by atoms with Crippen LogP contribution in [0.15, 0.2) is 60.9 Å². The summed E-state index contributed by atoms with van der Waals surface area (Å²) in [4.78, 5) is 16.7. The SMILES string of the molecule is CCOc1ccc(CCNC(=O)c2ccc(OCc3ccncc3)c(OCC)c2)cc1OCC. The third-order valence-electron chi connectivity index (χ3n) is 4.96. The highest BCUT2D eigenvalue weighted by Crippen LogP contribution is 2.30. The van der Waals surface area contributed by atoms with Crippen LogP contribution < -0.4 is 24.3 Å². The average molecular weight is 465 g/mol. The molecule has 180 valence electrons. The zero-order chi connectivity index (χ0) is 24.2. The molecule has 1 heterocycles. The van der Waals surface area contributed by atoms with Gasteiger partial charge in [-0.2, -0.15) is 0 Å². The van der Waals surface area contributed by atoms with Gasteiger partial charge >= 0.3 is 0 Å². The van der Waals surface area contributed by atoms with Crippen molar-refractivity contribution in [3.05, 3.63) is 77.6 Å². The van der Waals surface area contributed by atoms with Gasteiger partial charge in [-0.05, 0) is 80.8 Å². The Bertz CT molecular complexity index is 1060. The topological polar surface area (TPSA) is 78.9 Å². The molecule has 34 heavy (non-hydrogen) atoms. The minimum atomic E-state index is -0.169. The van der Waals surface area contributed by atoms with Crippen molar-refractivity contribution in [1.29, 1.82) is 0 Å². The summed E-state index contributed by atoms with van der Waals surface area (Å²) < 4.78 is 22.9. The van der Waals surface area contributed by atoms with E-state index in [9.17, 15) is 4.79 Å². The van der Waals surface area contributed by atoms with Crippen molar-refractivity contribution in [3.63, 3.8) is 0 Å². The molecule has 3 aromatic rings. The van der Waals surface area contributed by atoms with Gasteiger partial charge in [-0.15, -0.1) is 0 Å². The molecule has 0 atom stereocenters. The van der Waals surface area contributed by atoms with E-state index in [1.807, 2.05) is 51.1 Å². The molecule has 0 aliphatic heterocycles. The van der Waals surface area contributed by atoms with E-state index in [-0.39, 0.29) is 5.91 Å². The zero-order valence-corrected chi connectivity index (χ0v) is 20.0. The van der Waals surface area contributed by atoms with E-state index in [1.165, 1.54) is 0 Å². The molecular weight excluding hydrogens is 432 g/mol. The first-order valence-corrected chi connectivity index (χ1v) is 11.6. The lowest BCUT2D eigenvalue weighted by molar-refractivity contribution is 0.0953. The molecule has 0 aliphatic carbocycles. The van der Waals surface area contributed by atoms with Crippen LogP contribution in [0, 0.1) is 0 Å². The number of rotatable bonds is 13. The first kappa shape index (κ1) is 24.9. The van der Waals surface area contributed by atoms with Crippen LogP contribution in [0.5, 0.6) is 23.0 Å². The van der Waals surface area contributed by atoms with Crippen molar-refractivity contribution < 1.29 is 23.7 Å². The quantitative estimate of drug-likeness (QED) is 0.390. The molecule has 0 unspecified atom stereocenters. The molecule has 0 saturated carbocycles. The second-order valence-corrected chi connectivity index (χ2v) is 7.39. The summed E-state index contributed by atoms with van der Waals surface area (Å²) in [7, 11) is 0. The number of nitrogens with zero attached hydrogens (tertiary/aromatic N) is 1. The van der Waals surface area contributed by atoms with E-state index in [2.05, 4.69) is 10.3 Å². The number of nitrogens with one attached hydrogen (secondary N) is 1. The Morgan fingerprint density at radius 3 is 2.06 bits per heavy atom. The predicted molar refractivity (Wildman–Crippen MR) is 131 cm³/mol. The van der Waals surface area contributed by atoms with E-state index < -0.39 is 0 Å². The lowest BCUT2D eigenvalue weighted by atomic mass is 10.1. The second-order valence-electron chi connectivity index (χ2n) is 7.39. The van der Waals surface area contributed by atoms with Gasteiger partial charge in [0.25, 0.3) is 5.91 Å². The van der Waals surface area contributed by atoms with Gasteiger partial charge < -0.3 is 24.3 Å². The van der Waals surface area contributed by atoms with E-state index >= 15 is 0 Å². The lowest BCUT2D eigenvalue weighted by Crippen LogP contribution is -2.25. The highest BCUT2D eigenvalue weighted by molar-refractivity contribution is 5.94. The fourth-order valence-corrected chi connectivity index (χ4v) is 3.35. The summed E-state index contributed by atoms with van der Waals surface area (Å²) in [6, 6.07) is 14.9. The van der Waals surface area contributed by atoms with E-state index in [0.29, 0.717) is 56.5 Å². The number of aromatic nitrogens is 1. The summed E-state index contributed by atoms with van der Waals surface area (Å²) in [5.74, 6) is 2.41. The maximum absolute atomic E-state index is 12.7. The van der Waals surface area contributed by atoms with Gasteiger partial charge in [0.2, 0.25) is 0 Å². The molecule has 1 aromatic heterocycles. The van der Waals surface area contributed by atoms with E-state index in [4.69, 9.17) is 18.9 Å². The van der Waals surface area contributed by atoms with Crippen molar-refractivity contribution in [3.8, 4) is 23.0 Å². The summed E-state index contributed by atoms with van der Waals surface area (Å²) in [6.07, 6.45) is 4.12. The van der Waals surface area contributed by atoms with Crippen LogP contribution in [0.2, 0.25) is 0 Å². The Kier molecular flexibility index (Phi) is 9.58. The third kappa shape index (κ3) is 7.13. The van der Waals surface area contributed by atoms with Gasteiger partial charge in [0.15, 0.2) is 23.0 Å². The largest absolute Gasteiger partial charge is 0.490 e. The number of ether oxygens (including phenoxy) is 4. The first-order valence-electron chi connectivity index (χ1n) is 11.6. The molecule has 7 nitrogen and oxygen atoms in total. The molecule has 3 rings (SSSR count). The normalized spacial score (nSPS) is 10.4. The fourth-order valence-electron chi connectivity index (χ4n) is 3.35. The maximum Gasteiger partial charge on any atom is 0.251 e. The lowest BCUT2D eigenvalue weighted by Gasteiger charge is -2.14. The molecule has 0 fully saturated rings. The Morgan fingerprint density at radius 2 is 1.35 bits per heavy atom. The van der Waals surface area contributed by atoms with Gasteiger partial charge in [-0.3, -0.25) is 9.78 Å². The zero-order valence-electron chi connectivity index (χ0n) is 20.0. The van der Waals surface area contributed by atoms with Crippen LogP contribution in [0.1, 0.15) is 42.3 Å². The van der Waals surface area contributed by atoms with Crippen LogP contribution in [0.4, 0.5) is 0 Å². The highest BCUT2D eigenvalue weighted by Gasteiger charge is 2.12. The second kappa shape index (κ2) is 13.1. The third-order valence-corrected chi connectivity index (χ3v) is 4.96. The number of hydrogen-bond donors (Lipinski definition) is 1. The van der Waals surface area contributed by atoms with Gasteiger partial charge in [0.05, 0.1) is 19.8 Å². The molecule has 0 bridgehead atoms. The number of pyridine rings is 1. The molecule has 0 spiro atoms. The highest BCUT2D eigenvalue weighted by atomic mass is 16.5. The molecule has 0 radical (unpaired) electrons. The molecule has 7 heteroatoms. The molecule has 2 aromatic carbocycles. The fraction of sp³-hybridized carbons (Fsp3) is 0.333. The molecule has 1 amide bonds. The van der Waals surface area contributed by atoms with Crippen molar-refractivity contribution in [2.75, 3.05) is 26.4 Å². The minimum Gasteiger partial charge on any atom is -0.490 e. The van der Waals surface area contributed by atoms with Gasteiger partial charge in [0.1, 0.15) is 6.61 Å². The monoisotopic (exact) mass is 464 g/mol. The predicted octanol–water partition coefficient (Wildman–Crippen LogP) is 4.83. The van der Waals surface area contributed by atoms with Crippen molar-refractivity contribution in [2.45, 2.75) is 33.8 Å². The standard InChI is InChI=1S/C27H32N2O5/c1-4-31-23-9-7-20(17-25(23)32-5-2)13-16-29-27(30)22-8-10-24(26(18-22)33-6-3)34-19-21-11-14-28-15-12-21/h7-12,14-15,17-18H,4-6,13,16,19H2,1-3H3,(H,29,30). The van der Waals surface area contributed by atoms with Crippen molar-refractivity contribution in [1.82, 2.24) is 10.3 Å². The molecule has 1 N–H and O–H groups in total. The van der Waals surface area contributed by atoms with Crippen LogP contribution in [0.25, 0.3) is 0 Å². The number of hydrogen-bond acceptors (Lipinski definition) is 6. The Hall–Kier alpha value is -3.74. The number of benzene rings is 2. The summed E-state index contributed by atoms with van der Waals surface area (Å²) in [5.41, 5.74) is 2.57. The van der Waals surface area contributed by atoms with Crippen molar-refractivity contribution in [2.24, 2.45) is 0 Å². The van der Waals surface area contributed by atoms with Crippen LogP contribution in [-0.4, -0.2) is 37.3 Å².